The number of nitrogens with zero attached hydrogens (tertiary/aromatic N) is 1. The molecule has 0 aromatic heterocycles. The summed E-state index contributed by atoms with van der Waals surface area (Å²) in [6.45, 7) is 6.17. The largest absolute Gasteiger partial charge is 0.398 e. The zero-order valence-electron chi connectivity index (χ0n) is 10.7. The number of hydrogen-bond donors (Lipinski definition) is 1. The van der Waals surface area contributed by atoms with Crippen LogP contribution in [0.5, 0.6) is 0 Å². The van der Waals surface area contributed by atoms with E-state index in [1.165, 1.54) is 0 Å². The number of hydrogen-bond acceptors (Lipinski definition) is 2. The first-order chi connectivity index (χ1) is 7.86. The molecule has 3 nitrogen and oxygen atoms in total. The lowest BCUT2D eigenvalue weighted by Crippen LogP contribution is -2.38. The Morgan fingerprint density at radius 1 is 1.35 bits per heavy atom. The highest BCUT2D eigenvalue weighted by atomic mass is 35.5. The number of rotatable bonds is 3. The van der Waals surface area contributed by atoms with E-state index in [2.05, 4.69) is 13.8 Å². The number of amides is 1. The molecule has 0 aliphatic heterocycles. The molecule has 94 valence electrons. The fourth-order valence-electron chi connectivity index (χ4n) is 1.54. The third kappa shape index (κ3) is 2.91. The highest BCUT2D eigenvalue weighted by molar-refractivity contribution is 6.36. The van der Waals surface area contributed by atoms with E-state index in [0.717, 1.165) is 0 Å². The summed E-state index contributed by atoms with van der Waals surface area (Å²) in [7, 11) is 1.78. The molecule has 0 aliphatic rings. The van der Waals surface area contributed by atoms with Gasteiger partial charge in [-0.05, 0) is 25.0 Å². The van der Waals surface area contributed by atoms with E-state index in [-0.39, 0.29) is 11.9 Å². The van der Waals surface area contributed by atoms with Crippen molar-refractivity contribution in [2.45, 2.75) is 26.8 Å². The highest BCUT2D eigenvalue weighted by Crippen LogP contribution is 2.25. The molecule has 1 unspecified atom stereocenters. The highest BCUT2D eigenvalue weighted by Gasteiger charge is 2.22. The van der Waals surface area contributed by atoms with E-state index in [0.29, 0.717) is 22.2 Å². The quantitative estimate of drug-likeness (QED) is 0.843. The van der Waals surface area contributed by atoms with Gasteiger partial charge in [0.05, 0.1) is 16.3 Å². The molecule has 0 fully saturated rings. The van der Waals surface area contributed by atoms with Crippen molar-refractivity contribution in [3.63, 3.8) is 0 Å². The minimum atomic E-state index is -0.0940. The molecule has 0 saturated carbocycles. The van der Waals surface area contributed by atoms with Crippen molar-refractivity contribution in [2.24, 2.45) is 5.92 Å². The molecule has 0 radical (unpaired) electrons. The summed E-state index contributed by atoms with van der Waals surface area (Å²) in [4.78, 5) is 13.9. The summed E-state index contributed by atoms with van der Waals surface area (Å²) in [6.07, 6.45) is 0. The van der Waals surface area contributed by atoms with Gasteiger partial charge in [-0.25, -0.2) is 0 Å². The molecule has 1 aromatic rings. The van der Waals surface area contributed by atoms with Crippen LogP contribution in [0.2, 0.25) is 5.02 Å². The lowest BCUT2D eigenvalue weighted by atomic mass is 10.0. The van der Waals surface area contributed by atoms with Crippen LogP contribution in [0.1, 0.15) is 31.1 Å². The maximum atomic E-state index is 12.2. The number of benzene rings is 1. The second-order valence-electron chi connectivity index (χ2n) is 4.61. The van der Waals surface area contributed by atoms with Crippen LogP contribution in [0.15, 0.2) is 18.2 Å². The second kappa shape index (κ2) is 5.41. The monoisotopic (exact) mass is 254 g/mol. The summed E-state index contributed by atoms with van der Waals surface area (Å²) in [5.41, 5.74) is 6.59. The maximum absolute atomic E-state index is 12.2. The molecular formula is C13H19ClN2O. The SMILES string of the molecule is CC(C)C(C)N(C)C(=O)c1cccc(N)c1Cl. The Morgan fingerprint density at radius 2 is 1.94 bits per heavy atom. The van der Waals surface area contributed by atoms with Crippen molar-refractivity contribution in [2.75, 3.05) is 12.8 Å². The molecule has 2 N–H and O–H groups in total. The van der Waals surface area contributed by atoms with E-state index in [9.17, 15) is 4.79 Å². The fraction of sp³-hybridized carbons (Fsp3) is 0.462. The van der Waals surface area contributed by atoms with E-state index < -0.39 is 0 Å². The molecule has 0 saturated heterocycles. The van der Waals surface area contributed by atoms with Gasteiger partial charge >= 0.3 is 0 Å². The molecule has 1 amide bonds. The predicted molar refractivity (Wildman–Crippen MR) is 72.3 cm³/mol. The Morgan fingerprint density at radius 3 is 2.47 bits per heavy atom. The average Bonchev–Trinajstić information content (AvgIpc) is 2.29. The molecule has 1 atom stereocenters. The van der Waals surface area contributed by atoms with Crippen molar-refractivity contribution in [1.82, 2.24) is 4.90 Å². The first-order valence-electron chi connectivity index (χ1n) is 5.67. The van der Waals surface area contributed by atoms with Crippen LogP contribution >= 0.6 is 11.6 Å². The number of carbonyl (C=O) groups excluding carboxylic acids is 1. The van der Waals surface area contributed by atoms with Crippen LogP contribution in [0.3, 0.4) is 0 Å². The number of nitrogens with two attached hydrogens (primary N) is 1. The Balaban J connectivity index is 3.01. The minimum Gasteiger partial charge on any atom is -0.398 e. The molecule has 0 aliphatic carbocycles. The summed E-state index contributed by atoms with van der Waals surface area (Å²) in [5.74, 6) is 0.298. The van der Waals surface area contributed by atoms with Crippen molar-refractivity contribution in [1.29, 1.82) is 0 Å². The maximum Gasteiger partial charge on any atom is 0.255 e. The summed E-state index contributed by atoms with van der Waals surface area (Å²) < 4.78 is 0. The van der Waals surface area contributed by atoms with E-state index in [1.54, 1.807) is 30.1 Å². The van der Waals surface area contributed by atoms with Crippen LogP contribution in [0.4, 0.5) is 5.69 Å². The molecule has 17 heavy (non-hydrogen) atoms. The van der Waals surface area contributed by atoms with Gasteiger partial charge in [0.2, 0.25) is 0 Å². The third-order valence-corrected chi connectivity index (χ3v) is 3.58. The van der Waals surface area contributed by atoms with Gasteiger partial charge in [0.15, 0.2) is 0 Å². The minimum absolute atomic E-state index is 0.0940. The van der Waals surface area contributed by atoms with Crippen molar-refractivity contribution >= 4 is 23.2 Å². The number of anilines is 1. The normalized spacial score (nSPS) is 12.6. The standard InChI is InChI=1S/C13H19ClN2O/c1-8(2)9(3)16(4)13(17)10-6-5-7-11(15)12(10)14/h5-9H,15H2,1-4H3. The van der Waals surface area contributed by atoms with E-state index in [4.69, 9.17) is 17.3 Å². The number of nitrogen functional groups attached to an aromatic ring is 1. The van der Waals surface area contributed by atoms with Crippen LogP contribution < -0.4 is 5.73 Å². The first-order valence-corrected chi connectivity index (χ1v) is 6.05. The Labute approximate surface area is 108 Å². The van der Waals surface area contributed by atoms with Crippen molar-refractivity contribution < 1.29 is 4.79 Å². The predicted octanol–water partition coefficient (Wildman–Crippen LogP) is 3.04. The van der Waals surface area contributed by atoms with Gasteiger partial charge in [-0.3, -0.25) is 4.79 Å². The van der Waals surface area contributed by atoms with Crippen LogP contribution in [0.25, 0.3) is 0 Å². The fourth-order valence-corrected chi connectivity index (χ4v) is 1.74. The van der Waals surface area contributed by atoms with Gasteiger partial charge in [0, 0.05) is 13.1 Å². The van der Waals surface area contributed by atoms with Gasteiger partial charge in [0.1, 0.15) is 0 Å². The van der Waals surface area contributed by atoms with E-state index in [1.807, 2.05) is 6.92 Å². The molecule has 0 spiro atoms. The second-order valence-corrected chi connectivity index (χ2v) is 4.99. The summed E-state index contributed by atoms with van der Waals surface area (Å²) >= 11 is 6.04. The zero-order chi connectivity index (χ0) is 13.2. The molecular weight excluding hydrogens is 236 g/mol. The smallest absolute Gasteiger partial charge is 0.255 e. The summed E-state index contributed by atoms with van der Waals surface area (Å²) in [5, 5.41) is 0.334. The first kappa shape index (κ1) is 13.8. The Hall–Kier alpha value is -1.22. The Kier molecular flexibility index (Phi) is 4.40. The van der Waals surface area contributed by atoms with Gasteiger partial charge in [-0.15, -0.1) is 0 Å². The lowest BCUT2D eigenvalue weighted by molar-refractivity contribution is 0.0707. The molecule has 4 heteroatoms. The van der Waals surface area contributed by atoms with Gasteiger partial charge in [0.25, 0.3) is 5.91 Å². The molecule has 0 heterocycles. The van der Waals surface area contributed by atoms with Crippen molar-refractivity contribution in [3.05, 3.63) is 28.8 Å². The number of halogens is 1. The summed E-state index contributed by atoms with van der Waals surface area (Å²) in [6, 6.07) is 5.28. The average molecular weight is 255 g/mol. The lowest BCUT2D eigenvalue weighted by Gasteiger charge is -2.28. The molecule has 0 bridgehead atoms. The zero-order valence-corrected chi connectivity index (χ0v) is 11.5. The number of carbonyl (C=O) groups is 1. The van der Waals surface area contributed by atoms with Crippen LogP contribution in [-0.2, 0) is 0 Å². The van der Waals surface area contributed by atoms with E-state index >= 15 is 0 Å². The van der Waals surface area contributed by atoms with Gasteiger partial charge in [-0.2, -0.15) is 0 Å². The topological polar surface area (TPSA) is 46.3 Å². The molecule has 1 rings (SSSR count). The van der Waals surface area contributed by atoms with Gasteiger partial charge in [-0.1, -0.05) is 31.5 Å². The third-order valence-electron chi connectivity index (χ3n) is 3.16. The molecule has 1 aromatic carbocycles. The van der Waals surface area contributed by atoms with Crippen LogP contribution in [0, 0.1) is 5.92 Å². The van der Waals surface area contributed by atoms with Crippen molar-refractivity contribution in [3.8, 4) is 0 Å². The van der Waals surface area contributed by atoms with Gasteiger partial charge < -0.3 is 10.6 Å². The Bertz CT molecular complexity index is 418. The van der Waals surface area contributed by atoms with Crippen LogP contribution in [-0.4, -0.2) is 23.9 Å².